The van der Waals surface area contributed by atoms with Crippen molar-refractivity contribution in [2.45, 2.75) is 62.8 Å². The van der Waals surface area contributed by atoms with Gasteiger partial charge < -0.3 is 24.1 Å². The van der Waals surface area contributed by atoms with E-state index in [9.17, 15) is 35.9 Å². The molecular weight excluding hydrogens is 594 g/mol. The number of hydrogen-bond acceptors (Lipinski definition) is 8. The predicted molar refractivity (Wildman–Crippen MR) is 138 cm³/mol. The second-order valence-corrected chi connectivity index (χ2v) is 11.2. The van der Waals surface area contributed by atoms with Crippen LogP contribution in [0.25, 0.3) is 11.5 Å². The summed E-state index contributed by atoms with van der Waals surface area (Å²) in [5, 5.41) is 9.69. The molecule has 42 heavy (non-hydrogen) atoms. The van der Waals surface area contributed by atoms with E-state index in [0.29, 0.717) is 16.1 Å². The van der Waals surface area contributed by atoms with Crippen LogP contribution in [0.2, 0.25) is 0 Å². The molecule has 1 aromatic heterocycles. The number of hydrogen-bond donors (Lipinski definition) is 1. The minimum Gasteiger partial charge on any atom is -0.444 e. The molecule has 0 saturated heterocycles. The fourth-order valence-corrected chi connectivity index (χ4v) is 4.90. The van der Waals surface area contributed by atoms with Gasteiger partial charge in [0.05, 0.1) is 12.2 Å². The Morgan fingerprint density at radius 3 is 2.38 bits per heavy atom. The van der Waals surface area contributed by atoms with Crippen LogP contribution in [0.3, 0.4) is 0 Å². The summed E-state index contributed by atoms with van der Waals surface area (Å²) in [6.45, 7) is 4.83. The average Bonchev–Trinajstić information content (AvgIpc) is 3.26. The lowest BCUT2D eigenvalue weighted by Gasteiger charge is -2.27. The van der Waals surface area contributed by atoms with Crippen LogP contribution in [-0.2, 0) is 22.5 Å². The number of ether oxygens (including phenoxy) is 2. The molecule has 0 bridgehead atoms. The molecule has 2 heterocycles. The zero-order valence-corrected chi connectivity index (χ0v) is 23.1. The fourth-order valence-electron chi connectivity index (χ4n) is 3.84. The number of carbonyl (C=O) groups is 2. The molecule has 9 nitrogen and oxygen atoms in total. The molecular formula is C26H24F6N4O5S. The number of amides is 2. The van der Waals surface area contributed by atoms with Crippen LogP contribution in [0.1, 0.15) is 32.2 Å². The molecule has 1 aliphatic heterocycles. The predicted octanol–water partition coefficient (Wildman–Crippen LogP) is 6.27. The van der Waals surface area contributed by atoms with Gasteiger partial charge in [-0.2, -0.15) is 13.2 Å². The molecule has 2 aromatic carbocycles. The molecule has 1 aliphatic rings. The summed E-state index contributed by atoms with van der Waals surface area (Å²) in [6, 6.07) is 8.42. The van der Waals surface area contributed by atoms with Crippen molar-refractivity contribution in [2.75, 3.05) is 10.7 Å². The minimum absolute atomic E-state index is 0.107. The summed E-state index contributed by atoms with van der Waals surface area (Å²) in [5.74, 6) is -1.77. The Balaban J connectivity index is 1.67. The maximum Gasteiger partial charge on any atom is 0.573 e. The molecule has 1 atom stereocenters. The Morgan fingerprint density at radius 2 is 1.76 bits per heavy atom. The molecule has 0 spiro atoms. The van der Waals surface area contributed by atoms with Gasteiger partial charge in [-0.05, 0) is 56.7 Å². The van der Waals surface area contributed by atoms with Crippen molar-refractivity contribution >= 4 is 29.4 Å². The van der Waals surface area contributed by atoms with E-state index >= 15 is 0 Å². The molecule has 1 N–H and O–H groups in total. The van der Waals surface area contributed by atoms with Crippen LogP contribution in [0, 0.1) is 0 Å². The van der Waals surface area contributed by atoms with Crippen LogP contribution in [0.15, 0.2) is 51.8 Å². The number of halogens is 6. The van der Waals surface area contributed by atoms with E-state index in [1.807, 2.05) is 0 Å². The van der Waals surface area contributed by atoms with E-state index in [1.54, 1.807) is 26.8 Å². The summed E-state index contributed by atoms with van der Waals surface area (Å²) in [6.07, 6.45) is -11.7. The number of alkyl carbamates (subject to hydrolysis) is 1. The van der Waals surface area contributed by atoms with Gasteiger partial charge in [0, 0.05) is 16.2 Å². The Labute approximate surface area is 239 Å². The van der Waals surface area contributed by atoms with Gasteiger partial charge in [-0.15, -0.1) is 35.1 Å². The molecule has 0 unspecified atom stereocenters. The first kappa shape index (κ1) is 31.0. The summed E-state index contributed by atoms with van der Waals surface area (Å²) in [4.78, 5) is 28.1. The number of benzene rings is 2. The van der Waals surface area contributed by atoms with Gasteiger partial charge >= 0.3 is 18.6 Å². The van der Waals surface area contributed by atoms with E-state index in [0.717, 1.165) is 12.1 Å². The number of anilines is 1. The fraction of sp³-hybridized carbons (Fsp3) is 0.385. The van der Waals surface area contributed by atoms with Crippen molar-refractivity contribution in [3.05, 3.63) is 53.9 Å². The van der Waals surface area contributed by atoms with E-state index in [2.05, 4.69) is 20.3 Å². The molecule has 226 valence electrons. The number of thioether (sulfide) groups is 1. The number of rotatable bonds is 6. The Hall–Kier alpha value is -3.95. The van der Waals surface area contributed by atoms with Gasteiger partial charge in [0.25, 0.3) is 5.91 Å². The SMILES string of the molecule is CC(C)(C)OC(=O)N[C@H]1CSc2ccc(-c3nnc(CC(F)(F)F)o3)cc2N(Cc2ccc(OC(F)(F)F)cc2)C1=O. The number of nitrogens with zero attached hydrogens (tertiary/aromatic N) is 3. The third-order valence-electron chi connectivity index (χ3n) is 5.47. The zero-order valence-electron chi connectivity index (χ0n) is 22.3. The topological polar surface area (TPSA) is 107 Å². The van der Waals surface area contributed by atoms with Crippen molar-refractivity contribution in [1.29, 1.82) is 0 Å². The van der Waals surface area contributed by atoms with Gasteiger partial charge in [0.2, 0.25) is 11.8 Å². The van der Waals surface area contributed by atoms with E-state index in [-0.39, 0.29) is 23.8 Å². The highest BCUT2D eigenvalue weighted by Crippen LogP contribution is 2.38. The van der Waals surface area contributed by atoms with Gasteiger partial charge in [-0.3, -0.25) is 4.79 Å². The summed E-state index contributed by atoms with van der Waals surface area (Å²) >= 11 is 1.23. The molecule has 0 saturated carbocycles. The first-order chi connectivity index (χ1) is 19.5. The Morgan fingerprint density at radius 1 is 1.07 bits per heavy atom. The second-order valence-electron chi connectivity index (χ2n) is 10.1. The number of nitrogens with one attached hydrogen (secondary N) is 1. The lowest BCUT2D eigenvalue weighted by atomic mass is 10.1. The van der Waals surface area contributed by atoms with Crippen molar-refractivity contribution in [2.24, 2.45) is 0 Å². The monoisotopic (exact) mass is 618 g/mol. The first-order valence-electron chi connectivity index (χ1n) is 12.3. The number of fused-ring (bicyclic) bond motifs is 1. The van der Waals surface area contributed by atoms with Crippen LogP contribution in [-0.4, -0.2) is 52.1 Å². The lowest BCUT2D eigenvalue weighted by Crippen LogP contribution is -2.50. The van der Waals surface area contributed by atoms with Crippen molar-refractivity contribution < 1.29 is 49.8 Å². The van der Waals surface area contributed by atoms with Crippen molar-refractivity contribution in [1.82, 2.24) is 15.5 Å². The van der Waals surface area contributed by atoms with Crippen LogP contribution in [0.4, 0.5) is 36.8 Å². The molecule has 0 fully saturated rings. The highest BCUT2D eigenvalue weighted by molar-refractivity contribution is 7.99. The molecule has 0 aliphatic carbocycles. The number of carbonyl (C=O) groups excluding carboxylic acids is 2. The normalized spacial score (nSPS) is 16.1. The van der Waals surface area contributed by atoms with Crippen molar-refractivity contribution in [3.8, 4) is 17.2 Å². The third-order valence-corrected chi connectivity index (χ3v) is 6.63. The smallest absolute Gasteiger partial charge is 0.444 e. The van der Waals surface area contributed by atoms with E-state index < -0.39 is 54.2 Å². The largest absolute Gasteiger partial charge is 0.573 e. The number of alkyl halides is 6. The first-order valence-corrected chi connectivity index (χ1v) is 13.3. The van der Waals surface area contributed by atoms with Crippen LogP contribution >= 0.6 is 11.8 Å². The Kier molecular flexibility index (Phi) is 8.66. The lowest BCUT2D eigenvalue weighted by molar-refractivity contribution is -0.274. The molecule has 3 aromatic rings. The molecule has 0 radical (unpaired) electrons. The third kappa shape index (κ3) is 8.53. The quantitative estimate of drug-likeness (QED) is 0.322. The standard InChI is InChI=1S/C26H24F6N4O5S/c1-24(2,3)41-23(38)33-17-13-42-19-9-6-15(21-35-34-20(39-21)11-25(27,28)29)10-18(19)36(22(17)37)12-14-4-7-16(8-5-14)40-26(30,31)32/h4-10,17H,11-13H2,1-3H3,(H,33,38)/t17-/m0/s1. The summed E-state index contributed by atoms with van der Waals surface area (Å²) in [7, 11) is 0. The molecule has 4 rings (SSSR count). The maximum atomic E-state index is 13.8. The van der Waals surface area contributed by atoms with Crippen LogP contribution in [0.5, 0.6) is 5.75 Å². The van der Waals surface area contributed by atoms with Crippen molar-refractivity contribution in [3.63, 3.8) is 0 Å². The summed E-state index contributed by atoms with van der Waals surface area (Å²) < 4.78 is 90.5. The molecule has 16 heteroatoms. The van der Waals surface area contributed by atoms with Gasteiger partial charge in [0.15, 0.2) is 0 Å². The second kappa shape index (κ2) is 11.7. The van der Waals surface area contributed by atoms with Crippen LogP contribution < -0.4 is 15.0 Å². The molecule has 2 amide bonds. The average molecular weight is 619 g/mol. The van der Waals surface area contributed by atoms with E-state index in [1.165, 1.54) is 40.9 Å². The highest BCUT2D eigenvalue weighted by atomic mass is 32.2. The van der Waals surface area contributed by atoms with E-state index in [4.69, 9.17) is 9.15 Å². The maximum absolute atomic E-state index is 13.8. The van der Waals surface area contributed by atoms with Gasteiger partial charge in [-0.1, -0.05) is 12.1 Å². The number of aromatic nitrogens is 2. The van der Waals surface area contributed by atoms with Gasteiger partial charge in [0.1, 0.15) is 23.8 Å². The summed E-state index contributed by atoms with van der Waals surface area (Å²) in [5.41, 5.74) is 0.114. The Bertz CT molecular complexity index is 1440. The highest BCUT2D eigenvalue weighted by Gasteiger charge is 2.35. The van der Waals surface area contributed by atoms with Gasteiger partial charge in [-0.25, -0.2) is 4.79 Å². The zero-order chi connectivity index (χ0) is 30.9. The minimum atomic E-state index is -4.88.